The highest BCUT2D eigenvalue weighted by molar-refractivity contribution is 6.04. The third-order valence-corrected chi connectivity index (χ3v) is 7.15. The van der Waals surface area contributed by atoms with Gasteiger partial charge in [-0.1, -0.05) is 0 Å². The highest BCUT2D eigenvalue weighted by Gasteiger charge is 2.87. The maximum absolute atomic E-state index is 12.3. The molecule has 10 atom stereocenters. The Morgan fingerprint density at radius 2 is 1.13 bits per heavy atom. The summed E-state index contributed by atoms with van der Waals surface area (Å²) in [5.41, 5.74) is 0. The van der Waals surface area contributed by atoms with Gasteiger partial charge >= 0.3 is 0 Å². The van der Waals surface area contributed by atoms with Gasteiger partial charge in [-0.25, -0.2) is 0 Å². The van der Waals surface area contributed by atoms with E-state index in [1.54, 1.807) is 0 Å². The van der Waals surface area contributed by atoms with Crippen LogP contribution in [0.3, 0.4) is 0 Å². The zero-order chi connectivity index (χ0) is 9.64. The normalized spacial score (nSPS) is 78.7. The van der Waals surface area contributed by atoms with Gasteiger partial charge < -0.3 is 0 Å². The van der Waals surface area contributed by atoms with E-state index in [2.05, 4.69) is 0 Å². The summed E-state index contributed by atoms with van der Waals surface area (Å²) in [5, 5.41) is 0. The lowest BCUT2D eigenvalue weighted by Crippen LogP contribution is -2.80. The Bertz CT molecular complexity index is 425. The molecule has 2 heteroatoms. The number of hydrogen-bond donors (Lipinski definition) is 0. The van der Waals surface area contributed by atoms with E-state index in [1.165, 1.54) is 6.42 Å². The molecule has 0 N–H and O–H groups in total. The number of ketones is 2. The number of rotatable bonds is 0. The van der Waals surface area contributed by atoms with Crippen LogP contribution in [0.4, 0.5) is 0 Å². The predicted octanol–water partition coefficient (Wildman–Crippen LogP) is 0.758. The van der Waals surface area contributed by atoms with Crippen molar-refractivity contribution in [2.45, 2.75) is 6.42 Å². The second-order valence-electron chi connectivity index (χ2n) is 6.78. The molecular weight excluding hydrogens is 188 g/mol. The van der Waals surface area contributed by atoms with E-state index >= 15 is 0 Å². The molecule has 8 aliphatic rings. The molecule has 0 aromatic carbocycles. The topological polar surface area (TPSA) is 34.1 Å². The van der Waals surface area contributed by atoms with Crippen molar-refractivity contribution in [2.24, 2.45) is 59.2 Å². The van der Waals surface area contributed by atoms with Crippen molar-refractivity contribution in [2.75, 3.05) is 0 Å². The second-order valence-corrected chi connectivity index (χ2v) is 6.78. The average molecular weight is 200 g/mol. The third-order valence-electron chi connectivity index (χ3n) is 7.15. The molecule has 8 saturated carbocycles. The zero-order valence-corrected chi connectivity index (χ0v) is 8.30. The fourth-order valence-corrected chi connectivity index (χ4v) is 7.20. The average Bonchev–Trinajstić information content (AvgIpc) is 2.66. The van der Waals surface area contributed by atoms with Gasteiger partial charge in [-0.2, -0.15) is 0 Å². The third kappa shape index (κ3) is 0.378. The summed E-state index contributed by atoms with van der Waals surface area (Å²) >= 11 is 0. The summed E-state index contributed by atoms with van der Waals surface area (Å²) in [6, 6.07) is 0. The first-order chi connectivity index (χ1) is 7.30. The molecule has 76 valence electrons. The minimum Gasteiger partial charge on any atom is -0.299 e. The van der Waals surface area contributed by atoms with E-state index in [0.29, 0.717) is 35.2 Å². The Hall–Kier alpha value is -0.660. The molecule has 0 saturated heterocycles. The molecule has 0 aromatic heterocycles. The number of carbonyl (C=O) groups is 2. The SMILES string of the molecule is O=C1C2C3C(=O)[C@H]4[C@@H]5C[C@H]([C@@H]14)[C@@H]1C2C3[C@@H]51. The largest absolute Gasteiger partial charge is 0.299 e. The summed E-state index contributed by atoms with van der Waals surface area (Å²) < 4.78 is 0. The molecule has 8 fully saturated rings. The van der Waals surface area contributed by atoms with Crippen molar-refractivity contribution >= 4 is 11.6 Å². The first-order valence-corrected chi connectivity index (χ1v) is 6.38. The van der Waals surface area contributed by atoms with E-state index in [0.717, 1.165) is 11.8 Å². The van der Waals surface area contributed by atoms with Crippen molar-refractivity contribution in [3.05, 3.63) is 0 Å². The fraction of sp³-hybridized carbons (Fsp3) is 0.846. The Labute approximate surface area is 87.4 Å². The first kappa shape index (κ1) is 6.82. The van der Waals surface area contributed by atoms with Gasteiger partial charge in [0.2, 0.25) is 0 Å². The molecule has 0 spiro atoms. The van der Waals surface area contributed by atoms with Crippen molar-refractivity contribution in [3.8, 4) is 0 Å². The van der Waals surface area contributed by atoms with Crippen LogP contribution in [0.1, 0.15) is 6.42 Å². The first-order valence-electron chi connectivity index (χ1n) is 6.38. The van der Waals surface area contributed by atoms with Crippen LogP contribution in [0.15, 0.2) is 0 Å². The Kier molecular flexibility index (Phi) is 0.700. The molecule has 2 nitrogen and oxygen atoms in total. The van der Waals surface area contributed by atoms with Crippen LogP contribution in [-0.4, -0.2) is 11.6 Å². The monoisotopic (exact) mass is 200 g/mol. The van der Waals surface area contributed by atoms with Crippen molar-refractivity contribution in [1.29, 1.82) is 0 Å². The van der Waals surface area contributed by atoms with Gasteiger partial charge in [-0.05, 0) is 41.9 Å². The van der Waals surface area contributed by atoms with Gasteiger partial charge in [0, 0.05) is 23.7 Å². The predicted molar refractivity (Wildman–Crippen MR) is 49.5 cm³/mol. The molecule has 0 aromatic rings. The number of hydrogen-bond acceptors (Lipinski definition) is 2. The van der Waals surface area contributed by atoms with Crippen molar-refractivity contribution in [3.63, 3.8) is 0 Å². The Morgan fingerprint density at radius 1 is 0.667 bits per heavy atom. The standard InChI is InChI=1S/C13H12O2/c14-12-6-2-1-3-5-4(2)8-9(5)11(10(8)12)13(15)7(3)6/h2-11H,1H2/t2-,3+,4-,5-,6+,7-,8?,9?,10?,11?/m0/s1. The van der Waals surface area contributed by atoms with Gasteiger partial charge in [0.05, 0.1) is 0 Å². The van der Waals surface area contributed by atoms with Crippen LogP contribution in [0.5, 0.6) is 0 Å². The van der Waals surface area contributed by atoms with Gasteiger partial charge in [0.1, 0.15) is 11.6 Å². The minimum atomic E-state index is 0.211. The quantitative estimate of drug-likeness (QED) is 0.578. The summed E-state index contributed by atoms with van der Waals surface area (Å²) in [4.78, 5) is 24.6. The molecule has 15 heavy (non-hydrogen) atoms. The van der Waals surface area contributed by atoms with Gasteiger partial charge in [0.15, 0.2) is 0 Å². The summed E-state index contributed by atoms with van der Waals surface area (Å²) in [6.45, 7) is 0. The lowest BCUT2D eigenvalue weighted by Gasteiger charge is -2.77. The van der Waals surface area contributed by atoms with Crippen LogP contribution >= 0.6 is 0 Å². The van der Waals surface area contributed by atoms with Gasteiger partial charge in [-0.15, -0.1) is 0 Å². The van der Waals surface area contributed by atoms with E-state index in [4.69, 9.17) is 0 Å². The molecular formula is C13H12O2. The summed E-state index contributed by atoms with van der Waals surface area (Å²) in [7, 11) is 0. The molecule has 8 rings (SSSR count). The van der Waals surface area contributed by atoms with E-state index in [9.17, 15) is 9.59 Å². The molecule has 0 amide bonds. The van der Waals surface area contributed by atoms with E-state index in [1.807, 2.05) is 0 Å². The second kappa shape index (κ2) is 1.54. The molecule has 8 aliphatic carbocycles. The Morgan fingerprint density at radius 3 is 1.60 bits per heavy atom. The van der Waals surface area contributed by atoms with Gasteiger partial charge in [-0.3, -0.25) is 9.59 Å². The summed E-state index contributed by atoms with van der Waals surface area (Å²) in [5.74, 6) is 6.38. The molecule has 0 radical (unpaired) electrons. The van der Waals surface area contributed by atoms with Crippen LogP contribution in [0, 0.1) is 59.2 Å². The van der Waals surface area contributed by atoms with E-state index in [-0.39, 0.29) is 23.7 Å². The molecule has 0 aliphatic heterocycles. The Balaban J connectivity index is 1.74. The zero-order valence-electron chi connectivity index (χ0n) is 8.30. The number of Topliss-reactive ketones (excluding diaryl/α,β-unsaturated/α-hetero) is 2. The van der Waals surface area contributed by atoms with Crippen LogP contribution in [-0.2, 0) is 9.59 Å². The fourth-order valence-electron chi connectivity index (χ4n) is 7.20. The maximum atomic E-state index is 12.3. The molecule has 0 heterocycles. The van der Waals surface area contributed by atoms with Gasteiger partial charge in [0.25, 0.3) is 0 Å². The number of carbonyl (C=O) groups excluding carboxylic acids is 2. The lowest BCUT2D eigenvalue weighted by atomic mass is 9.25. The minimum absolute atomic E-state index is 0.211. The lowest BCUT2D eigenvalue weighted by molar-refractivity contribution is -0.274. The maximum Gasteiger partial charge on any atom is 0.141 e. The smallest absolute Gasteiger partial charge is 0.141 e. The van der Waals surface area contributed by atoms with Crippen molar-refractivity contribution in [1.82, 2.24) is 0 Å². The molecule has 8 bridgehead atoms. The highest BCUT2D eigenvalue weighted by Crippen LogP contribution is 2.85. The van der Waals surface area contributed by atoms with Crippen LogP contribution in [0.25, 0.3) is 0 Å². The highest BCUT2D eigenvalue weighted by atomic mass is 16.1. The van der Waals surface area contributed by atoms with Crippen LogP contribution < -0.4 is 0 Å². The molecule has 4 unspecified atom stereocenters. The summed E-state index contributed by atoms with van der Waals surface area (Å²) in [6.07, 6.45) is 1.23. The van der Waals surface area contributed by atoms with E-state index < -0.39 is 0 Å². The van der Waals surface area contributed by atoms with Crippen LogP contribution in [0.2, 0.25) is 0 Å². The van der Waals surface area contributed by atoms with Crippen molar-refractivity contribution < 1.29 is 9.59 Å².